The fraction of sp³-hybridized carbons (Fsp3) is 0.0769. The number of esters is 1. The van der Waals surface area contributed by atoms with Crippen LogP contribution in [0, 0.1) is 0 Å². The first-order valence-corrected chi connectivity index (χ1v) is 10.9. The predicted octanol–water partition coefficient (Wildman–Crippen LogP) is 5.01. The maximum atomic E-state index is 13.4. The second kappa shape index (κ2) is 9.75. The van der Waals surface area contributed by atoms with Crippen LogP contribution in [0.3, 0.4) is 0 Å². The number of methoxy groups -OCH3 is 1. The minimum absolute atomic E-state index is 0.166. The van der Waals surface area contributed by atoms with E-state index in [1.54, 1.807) is 36.4 Å². The first kappa shape index (κ1) is 22.4. The van der Waals surface area contributed by atoms with Crippen LogP contribution in [0.15, 0.2) is 94.2 Å². The number of ether oxygens (including phenoxy) is 1. The average Bonchev–Trinajstić information content (AvgIpc) is 2.85. The van der Waals surface area contributed by atoms with Gasteiger partial charge in [0, 0.05) is 21.2 Å². The molecule has 0 amide bonds. The smallest absolute Gasteiger partial charge is 0.344 e. The van der Waals surface area contributed by atoms with Crippen LogP contribution >= 0.6 is 15.9 Å². The molecular weight excluding hydrogens is 484 g/mol. The number of Topliss-reactive ketones (excluding diaryl/α,β-unsaturated/α-hetero) is 1. The summed E-state index contributed by atoms with van der Waals surface area (Å²) in [6.45, 7) is -0.320. The molecule has 0 saturated carbocycles. The highest BCUT2D eigenvalue weighted by Crippen LogP contribution is 2.32. The fourth-order valence-corrected chi connectivity index (χ4v) is 3.78. The number of benzene rings is 3. The first-order valence-electron chi connectivity index (χ1n) is 10.1. The third-order valence-electron chi connectivity index (χ3n) is 5.11. The molecule has 164 valence electrons. The van der Waals surface area contributed by atoms with Crippen molar-refractivity contribution < 1.29 is 14.3 Å². The van der Waals surface area contributed by atoms with E-state index in [2.05, 4.69) is 21.0 Å². The molecule has 7 heteroatoms. The standard InChI is InChI=1S/C26H19BrN2O4/c1-33-26(32)23-22(18-8-4-2-5-9-18)24(19-10-6-3-7-11-19)28-29(25(23)31)16-21(30)17-12-14-20(27)15-13-17/h2-15H,16H2,1H3. The monoisotopic (exact) mass is 502 g/mol. The number of nitrogens with zero attached hydrogens (tertiary/aromatic N) is 2. The molecule has 0 unspecified atom stereocenters. The van der Waals surface area contributed by atoms with E-state index in [1.807, 2.05) is 48.5 Å². The summed E-state index contributed by atoms with van der Waals surface area (Å²) in [4.78, 5) is 39.1. The van der Waals surface area contributed by atoms with E-state index < -0.39 is 11.5 Å². The predicted molar refractivity (Wildman–Crippen MR) is 129 cm³/mol. The largest absolute Gasteiger partial charge is 0.465 e. The summed E-state index contributed by atoms with van der Waals surface area (Å²) in [6.07, 6.45) is 0. The molecule has 4 aromatic rings. The van der Waals surface area contributed by atoms with E-state index in [0.29, 0.717) is 27.9 Å². The molecule has 0 fully saturated rings. The van der Waals surface area contributed by atoms with Crippen LogP contribution in [0.25, 0.3) is 22.4 Å². The van der Waals surface area contributed by atoms with Gasteiger partial charge in [-0.05, 0) is 17.7 Å². The Morgan fingerprint density at radius 3 is 2.03 bits per heavy atom. The second-order valence-electron chi connectivity index (χ2n) is 7.22. The van der Waals surface area contributed by atoms with Crippen LogP contribution in [0.4, 0.5) is 0 Å². The average molecular weight is 503 g/mol. The van der Waals surface area contributed by atoms with Crippen LogP contribution in [0.5, 0.6) is 0 Å². The molecule has 33 heavy (non-hydrogen) atoms. The SMILES string of the molecule is COC(=O)c1c(-c2ccccc2)c(-c2ccccc2)nn(CC(=O)c2ccc(Br)cc2)c1=O. The summed E-state index contributed by atoms with van der Waals surface area (Å²) in [5, 5.41) is 4.55. The molecule has 0 bridgehead atoms. The third-order valence-corrected chi connectivity index (χ3v) is 5.64. The van der Waals surface area contributed by atoms with E-state index in [0.717, 1.165) is 9.15 Å². The fourth-order valence-electron chi connectivity index (χ4n) is 3.52. The molecule has 1 heterocycles. The molecule has 3 aromatic carbocycles. The number of hydrogen-bond acceptors (Lipinski definition) is 5. The summed E-state index contributed by atoms with van der Waals surface area (Å²) in [6, 6.07) is 25.1. The van der Waals surface area contributed by atoms with Crippen molar-refractivity contribution in [3.8, 4) is 22.4 Å². The zero-order chi connectivity index (χ0) is 23.4. The summed E-state index contributed by atoms with van der Waals surface area (Å²) >= 11 is 3.34. The minimum Gasteiger partial charge on any atom is -0.465 e. The molecule has 4 rings (SSSR count). The third kappa shape index (κ3) is 4.68. The summed E-state index contributed by atoms with van der Waals surface area (Å²) in [5.74, 6) is -1.09. The van der Waals surface area contributed by atoms with Crippen molar-refractivity contribution in [3.05, 3.63) is 111 Å². The lowest BCUT2D eigenvalue weighted by atomic mass is 9.95. The topological polar surface area (TPSA) is 78.3 Å². The molecule has 0 saturated heterocycles. The number of carbonyl (C=O) groups is 2. The van der Waals surface area contributed by atoms with Crippen LogP contribution in [-0.4, -0.2) is 28.6 Å². The summed E-state index contributed by atoms with van der Waals surface area (Å²) in [7, 11) is 1.22. The Labute approximate surface area is 198 Å². The van der Waals surface area contributed by atoms with Crippen LogP contribution in [0.2, 0.25) is 0 Å². The molecule has 0 aliphatic rings. The number of carbonyl (C=O) groups excluding carboxylic acids is 2. The highest BCUT2D eigenvalue weighted by atomic mass is 79.9. The van der Waals surface area contributed by atoms with Gasteiger partial charge < -0.3 is 4.74 Å². The number of ketones is 1. The maximum absolute atomic E-state index is 13.4. The lowest BCUT2D eigenvalue weighted by molar-refractivity contribution is 0.0597. The van der Waals surface area contributed by atoms with E-state index in [-0.39, 0.29) is 17.9 Å². The van der Waals surface area contributed by atoms with Crippen molar-refractivity contribution in [2.75, 3.05) is 7.11 Å². The van der Waals surface area contributed by atoms with Crippen molar-refractivity contribution >= 4 is 27.7 Å². The summed E-state index contributed by atoms with van der Waals surface area (Å²) < 4.78 is 6.83. The Bertz CT molecular complexity index is 1370. The van der Waals surface area contributed by atoms with E-state index in [1.165, 1.54) is 7.11 Å². The van der Waals surface area contributed by atoms with Crippen LogP contribution in [0.1, 0.15) is 20.7 Å². The van der Waals surface area contributed by atoms with Crippen LogP contribution < -0.4 is 5.56 Å². The number of hydrogen-bond donors (Lipinski definition) is 0. The van der Waals surface area contributed by atoms with Crippen LogP contribution in [-0.2, 0) is 11.3 Å². The van der Waals surface area contributed by atoms with Gasteiger partial charge >= 0.3 is 5.97 Å². The highest BCUT2D eigenvalue weighted by Gasteiger charge is 2.26. The van der Waals surface area contributed by atoms with Gasteiger partial charge in [-0.25, -0.2) is 9.48 Å². The maximum Gasteiger partial charge on any atom is 0.344 e. The number of aromatic nitrogens is 2. The molecule has 1 aromatic heterocycles. The molecule has 0 atom stereocenters. The lowest BCUT2D eigenvalue weighted by Crippen LogP contribution is -2.33. The molecule has 0 N–H and O–H groups in total. The zero-order valence-corrected chi connectivity index (χ0v) is 19.3. The van der Waals surface area contributed by atoms with Gasteiger partial charge in [-0.15, -0.1) is 0 Å². The normalized spacial score (nSPS) is 10.6. The van der Waals surface area contributed by atoms with E-state index in [9.17, 15) is 14.4 Å². The highest BCUT2D eigenvalue weighted by molar-refractivity contribution is 9.10. The Kier molecular flexibility index (Phi) is 6.60. The minimum atomic E-state index is -0.789. The van der Waals surface area contributed by atoms with Gasteiger partial charge in [0.05, 0.1) is 12.8 Å². The molecule has 0 radical (unpaired) electrons. The molecule has 0 aliphatic carbocycles. The van der Waals surface area contributed by atoms with Gasteiger partial charge in [0.2, 0.25) is 0 Å². The summed E-state index contributed by atoms with van der Waals surface area (Å²) in [5.41, 5.74) is 1.70. The lowest BCUT2D eigenvalue weighted by Gasteiger charge is -2.16. The van der Waals surface area contributed by atoms with Gasteiger partial charge in [0.1, 0.15) is 12.1 Å². The molecular formula is C26H19BrN2O4. The van der Waals surface area contributed by atoms with Gasteiger partial charge in [-0.1, -0.05) is 88.7 Å². The number of halogens is 1. The quantitative estimate of drug-likeness (QED) is 0.273. The molecule has 0 spiro atoms. The van der Waals surface area contributed by atoms with Crippen molar-refractivity contribution in [3.63, 3.8) is 0 Å². The first-order chi connectivity index (χ1) is 16.0. The Balaban J connectivity index is 1.95. The molecule has 6 nitrogen and oxygen atoms in total. The van der Waals surface area contributed by atoms with Crippen molar-refractivity contribution in [1.29, 1.82) is 0 Å². The molecule has 0 aliphatic heterocycles. The van der Waals surface area contributed by atoms with Gasteiger partial charge in [0.25, 0.3) is 5.56 Å². The second-order valence-corrected chi connectivity index (χ2v) is 8.13. The van der Waals surface area contributed by atoms with Gasteiger partial charge in [-0.2, -0.15) is 5.10 Å². The van der Waals surface area contributed by atoms with Gasteiger partial charge in [0.15, 0.2) is 5.78 Å². The van der Waals surface area contributed by atoms with E-state index in [4.69, 9.17) is 4.74 Å². The van der Waals surface area contributed by atoms with Crippen molar-refractivity contribution in [1.82, 2.24) is 9.78 Å². The van der Waals surface area contributed by atoms with Crippen molar-refractivity contribution in [2.24, 2.45) is 0 Å². The number of rotatable bonds is 6. The van der Waals surface area contributed by atoms with E-state index >= 15 is 0 Å². The Morgan fingerprint density at radius 1 is 0.879 bits per heavy atom. The Hall–Kier alpha value is -3.84. The van der Waals surface area contributed by atoms with Crippen molar-refractivity contribution in [2.45, 2.75) is 6.54 Å². The Morgan fingerprint density at radius 2 is 1.45 bits per heavy atom. The zero-order valence-electron chi connectivity index (χ0n) is 17.7. The van der Waals surface area contributed by atoms with Gasteiger partial charge in [-0.3, -0.25) is 9.59 Å².